The summed E-state index contributed by atoms with van der Waals surface area (Å²) in [5.41, 5.74) is 1.20. The monoisotopic (exact) mass is 233 g/mol. The van der Waals surface area contributed by atoms with Gasteiger partial charge in [0.25, 0.3) is 0 Å². The maximum absolute atomic E-state index is 5.64. The summed E-state index contributed by atoms with van der Waals surface area (Å²) in [6.45, 7) is 2.83. The summed E-state index contributed by atoms with van der Waals surface area (Å²) in [7, 11) is 0. The Morgan fingerprint density at radius 1 is 1.12 bits per heavy atom. The molecule has 0 amide bonds. The normalized spacial score (nSPS) is 15.5. The van der Waals surface area contributed by atoms with Crippen molar-refractivity contribution in [2.75, 3.05) is 25.1 Å². The predicted molar refractivity (Wildman–Crippen MR) is 72.3 cm³/mol. The molecule has 0 aromatic heterocycles. The molecule has 0 unspecified atom stereocenters. The number of nitrogens with one attached hydrogen (secondary N) is 1. The Bertz CT molecular complexity index is 295. The molecule has 1 aliphatic carbocycles. The van der Waals surface area contributed by atoms with Crippen molar-refractivity contribution in [2.45, 2.75) is 32.1 Å². The highest BCUT2D eigenvalue weighted by molar-refractivity contribution is 5.42. The molecule has 0 radical (unpaired) electrons. The average Bonchev–Trinajstić information content (AvgIpc) is 2.31. The zero-order chi connectivity index (χ0) is 11.8. The van der Waals surface area contributed by atoms with E-state index in [0.717, 1.165) is 32.1 Å². The van der Waals surface area contributed by atoms with E-state index in [1.165, 1.54) is 31.4 Å². The molecule has 0 atom stereocenters. The zero-order valence-corrected chi connectivity index (χ0v) is 10.5. The van der Waals surface area contributed by atoms with Crippen LogP contribution in [0.15, 0.2) is 30.3 Å². The molecule has 1 fully saturated rings. The van der Waals surface area contributed by atoms with Gasteiger partial charge in [0.05, 0.1) is 0 Å². The van der Waals surface area contributed by atoms with Crippen LogP contribution in [-0.4, -0.2) is 19.8 Å². The molecule has 0 aliphatic heterocycles. The van der Waals surface area contributed by atoms with Crippen molar-refractivity contribution in [1.82, 2.24) is 0 Å². The minimum Gasteiger partial charge on any atom is -0.385 e. The molecule has 1 N–H and O–H groups in total. The van der Waals surface area contributed by atoms with E-state index in [1.54, 1.807) is 0 Å². The van der Waals surface area contributed by atoms with Crippen molar-refractivity contribution in [3.63, 3.8) is 0 Å². The topological polar surface area (TPSA) is 21.3 Å². The Kier molecular flexibility index (Phi) is 5.37. The molecular formula is C15H23NO. The van der Waals surface area contributed by atoms with Crippen LogP contribution in [-0.2, 0) is 4.74 Å². The first-order chi connectivity index (χ1) is 8.45. The first-order valence-corrected chi connectivity index (χ1v) is 6.82. The van der Waals surface area contributed by atoms with Crippen LogP contribution in [0.3, 0.4) is 0 Å². The van der Waals surface area contributed by atoms with Crippen LogP contribution in [0.1, 0.15) is 32.1 Å². The largest absolute Gasteiger partial charge is 0.385 e. The highest BCUT2D eigenvalue weighted by Crippen LogP contribution is 2.29. The quantitative estimate of drug-likeness (QED) is 0.691. The molecule has 2 rings (SSSR count). The van der Waals surface area contributed by atoms with Gasteiger partial charge in [0.1, 0.15) is 0 Å². The fourth-order valence-corrected chi connectivity index (χ4v) is 2.10. The minimum absolute atomic E-state index is 0.882. The third-order valence-corrected chi connectivity index (χ3v) is 3.46. The van der Waals surface area contributed by atoms with E-state index in [9.17, 15) is 0 Å². The van der Waals surface area contributed by atoms with Gasteiger partial charge in [-0.25, -0.2) is 0 Å². The van der Waals surface area contributed by atoms with Crippen LogP contribution in [0, 0.1) is 5.92 Å². The first kappa shape index (κ1) is 12.4. The van der Waals surface area contributed by atoms with Crippen molar-refractivity contribution in [3.05, 3.63) is 30.3 Å². The molecule has 0 saturated heterocycles. The SMILES string of the molecule is c1ccc(NCCCOCCC2CCC2)cc1. The molecule has 1 saturated carbocycles. The van der Waals surface area contributed by atoms with Gasteiger partial charge in [-0.3, -0.25) is 0 Å². The number of ether oxygens (including phenoxy) is 1. The van der Waals surface area contributed by atoms with Gasteiger partial charge in [-0.15, -0.1) is 0 Å². The van der Waals surface area contributed by atoms with Crippen LogP contribution in [0.2, 0.25) is 0 Å². The molecule has 2 heteroatoms. The molecule has 1 aromatic rings. The van der Waals surface area contributed by atoms with Crippen molar-refractivity contribution in [2.24, 2.45) is 5.92 Å². The Labute approximate surface area is 104 Å². The van der Waals surface area contributed by atoms with Gasteiger partial charge in [0, 0.05) is 25.4 Å². The number of hydrogen-bond donors (Lipinski definition) is 1. The Balaban J connectivity index is 1.41. The first-order valence-electron chi connectivity index (χ1n) is 6.82. The lowest BCUT2D eigenvalue weighted by Gasteiger charge is -2.24. The van der Waals surface area contributed by atoms with Crippen molar-refractivity contribution < 1.29 is 4.74 Å². The van der Waals surface area contributed by atoms with Gasteiger partial charge < -0.3 is 10.1 Å². The summed E-state index contributed by atoms with van der Waals surface area (Å²) in [5.74, 6) is 0.970. The molecule has 0 heterocycles. The molecule has 1 aliphatic rings. The van der Waals surface area contributed by atoms with Crippen LogP contribution in [0.25, 0.3) is 0 Å². The second-order valence-corrected chi connectivity index (χ2v) is 4.84. The number of anilines is 1. The Hall–Kier alpha value is -1.02. The summed E-state index contributed by atoms with van der Waals surface area (Å²) in [6, 6.07) is 10.3. The van der Waals surface area contributed by atoms with Crippen LogP contribution >= 0.6 is 0 Å². The van der Waals surface area contributed by atoms with Crippen molar-refractivity contribution in [3.8, 4) is 0 Å². The van der Waals surface area contributed by atoms with E-state index < -0.39 is 0 Å². The van der Waals surface area contributed by atoms with Crippen LogP contribution in [0.5, 0.6) is 0 Å². The van der Waals surface area contributed by atoms with Gasteiger partial charge in [0.15, 0.2) is 0 Å². The molecule has 2 nitrogen and oxygen atoms in total. The summed E-state index contributed by atoms with van der Waals surface area (Å²) in [6.07, 6.45) is 6.65. The molecule has 0 bridgehead atoms. The maximum Gasteiger partial charge on any atom is 0.0482 e. The maximum atomic E-state index is 5.64. The van der Waals surface area contributed by atoms with Crippen molar-refractivity contribution in [1.29, 1.82) is 0 Å². The van der Waals surface area contributed by atoms with Gasteiger partial charge in [-0.1, -0.05) is 37.5 Å². The van der Waals surface area contributed by atoms with E-state index in [1.807, 2.05) is 6.07 Å². The van der Waals surface area contributed by atoms with Gasteiger partial charge in [-0.05, 0) is 30.9 Å². The third-order valence-electron chi connectivity index (χ3n) is 3.46. The smallest absolute Gasteiger partial charge is 0.0482 e. The van der Waals surface area contributed by atoms with E-state index >= 15 is 0 Å². The predicted octanol–water partition coefficient (Wildman–Crippen LogP) is 3.70. The standard InChI is InChI=1S/C15H23NO/c1-2-8-15(9-3-1)16-11-5-12-17-13-10-14-6-4-7-14/h1-3,8-9,14,16H,4-7,10-13H2. The highest BCUT2D eigenvalue weighted by Gasteiger charge is 2.16. The fourth-order valence-electron chi connectivity index (χ4n) is 2.10. The average molecular weight is 233 g/mol. The highest BCUT2D eigenvalue weighted by atomic mass is 16.5. The van der Waals surface area contributed by atoms with E-state index in [4.69, 9.17) is 4.74 Å². The molecular weight excluding hydrogens is 210 g/mol. The van der Waals surface area contributed by atoms with Gasteiger partial charge in [-0.2, -0.15) is 0 Å². The van der Waals surface area contributed by atoms with E-state index in [-0.39, 0.29) is 0 Å². The lowest BCUT2D eigenvalue weighted by atomic mass is 9.83. The summed E-state index contributed by atoms with van der Waals surface area (Å²) in [5, 5.41) is 3.39. The second kappa shape index (κ2) is 7.33. The summed E-state index contributed by atoms with van der Waals surface area (Å²) >= 11 is 0. The third kappa shape index (κ3) is 4.78. The minimum atomic E-state index is 0.882. The number of hydrogen-bond acceptors (Lipinski definition) is 2. The molecule has 94 valence electrons. The molecule has 1 aromatic carbocycles. The lowest BCUT2D eigenvalue weighted by Crippen LogP contribution is -2.14. The number of rotatable bonds is 8. The van der Waals surface area contributed by atoms with Gasteiger partial charge >= 0.3 is 0 Å². The van der Waals surface area contributed by atoms with Crippen LogP contribution < -0.4 is 5.32 Å². The Morgan fingerprint density at radius 3 is 2.65 bits per heavy atom. The Morgan fingerprint density at radius 2 is 1.94 bits per heavy atom. The molecule has 17 heavy (non-hydrogen) atoms. The molecule has 0 spiro atoms. The summed E-state index contributed by atoms with van der Waals surface area (Å²) < 4.78 is 5.64. The number of para-hydroxylation sites is 1. The zero-order valence-electron chi connectivity index (χ0n) is 10.5. The lowest BCUT2D eigenvalue weighted by molar-refractivity contribution is 0.106. The van der Waals surface area contributed by atoms with Gasteiger partial charge in [0.2, 0.25) is 0 Å². The number of benzene rings is 1. The second-order valence-electron chi connectivity index (χ2n) is 4.84. The van der Waals surface area contributed by atoms with Crippen LogP contribution in [0.4, 0.5) is 5.69 Å². The van der Waals surface area contributed by atoms with E-state index in [2.05, 4.69) is 29.6 Å². The fraction of sp³-hybridized carbons (Fsp3) is 0.600. The van der Waals surface area contributed by atoms with Crippen molar-refractivity contribution >= 4 is 5.69 Å². The summed E-state index contributed by atoms with van der Waals surface area (Å²) in [4.78, 5) is 0. The van der Waals surface area contributed by atoms with E-state index in [0.29, 0.717) is 0 Å².